The number of nitrogens with zero attached hydrogens (tertiary/aromatic N) is 2. The Morgan fingerprint density at radius 2 is 2.10 bits per heavy atom. The van der Waals surface area contributed by atoms with E-state index in [4.69, 9.17) is 9.47 Å². The number of nitrogens with one attached hydrogen (secondary N) is 2. The maximum Gasteiger partial charge on any atom is 0.257 e. The van der Waals surface area contributed by atoms with E-state index in [1.54, 1.807) is 37.2 Å². The zero-order valence-electron chi connectivity index (χ0n) is 18.5. The minimum atomic E-state index is -0.252. The van der Waals surface area contributed by atoms with Gasteiger partial charge in [-0.25, -0.2) is 0 Å². The quantitative estimate of drug-likeness (QED) is 0.584. The van der Waals surface area contributed by atoms with E-state index in [0.717, 1.165) is 24.9 Å². The number of amides is 1. The molecule has 1 aromatic heterocycles. The van der Waals surface area contributed by atoms with Crippen LogP contribution in [0.3, 0.4) is 0 Å². The molecule has 0 fully saturated rings. The second-order valence-electron chi connectivity index (χ2n) is 7.07. The van der Waals surface area contributed by atoms with Crippen LogP contribution < -0.4 is 15.4 Å². The summed E-state index contributed by atoms with van der Waals surface area (Å²) in [6.07, 6.45) is 3.37. The predicted octanol–water partition coefficient (Wildman–Crippen LogP) is 3.54. The van der Waals surface area contributed by atoms with Gasteiger partial charge in [0.15, 0.2) is 5.82 Å². The minimum Gasteiger partial charge on any atom is -0.488 e. The van der Waals surface area contributed by atoms with Gasteiger partial charge in [-0.2, -0.15) is 5.10 Å². The van der Waals surface area contributed by atoms with Crippen LogP contribution in [0.15, 0.2) is 30.5 Å². The van der Waals surface area contributed by atoms with E-state index in [9.17, 15) is 4.79 Å². The number of aromatic nitrogens is 2. The van der Waals surface area contributed by atoms with Gasteiger partial charge in [-0.05, 0) is 43.7 Å². The minimum absolute atomic E-state index is 0.152. The third kappa shape index (κ3) is 7.21. The summed E-state index contributed by atoms with van der Waals surface area (Å²) < 4.78 is 12.8. The SMILES string of the molecule is CCC#CC(NCCC)c1cc(O[C@@H](C)COC)cc(C(=O)Nc2ccn(C)n2)c1. The highest BCUT2D eigenvalue weighted by atomic mass is 16.5. The van der Waals surface area contributed by atoms with Gasteiger partial charge >= 0.3 is 0 Å². The summed E-state index contributed by atoms with van der Waals surface area (Å²) >= 11 is 0. The van der Waals surface area contributed by atoms with Crippen molar-refractivity contribution in [3.63, 3.8) is 0 Å². The third-order valence-electron chi connectivity index (χ3n) is 4.24. The topological polar surface area (TPSA) is 77.4 Å². The van der Waals surface area contributed by atoms with Gasteiger partial charge in [-0.15, -0.1) is 5.92 Å². The lowest BCUT2D eigenvalue weighted by atomic mass is 10.0. The molecule has 1 unspecified atom stereocenters. The van der Waals surface area contributed by atoms with Crippen LogP contribution in [0.4, 0.5) is 5.82 Å². The second-order valence-corrected chi connectivity index (χ2v) is 7.07. The number of carbonyl (C=O) groups is 1. The summed E-state index contributed by atoms with van der Waals surface area (Å²) in [6.45, 7) is 7.32. The molecule has 0 radical (unpaired) electrons. The number of carbonyl (C=O) groups excluding carboxylic acids is 1. The number of aryl methyl sites for hydroxylation is 1. The zero-order valence-corrected chi connectivity index (χ0v) is 18.5. The highest BCUT2D eigenvalue weighted by Gasteiger charge is 2.16. The fourth-order valence-corrected chi connectivity index (χ4v) is 2.90. The molecule has 7 nitrogen and oxygen atoms in total. The lowest BCUT2D eigenvalue weighted by Gasteiger charge is -2.19. The Morgan fingerprint density at radius 3 is 2.73 bits per heavy atom. The molecule has 2 atom stereocenters. The average Bonchev–Trinajstić information content (AvgIpc) is 3.12. The molecule has 0 aliphatic heterocycles. The van der Waals surface area contributed by atoms with Crippen molar-refractivity contribution >= 4 is 11.7 Å². The predicted molar refractivity (Wildman–Crippen MR) is 119 cm³/mol. The van der Waals surface area contributed by atoms with Crippen molar-refractivity contribution in [2.24, 2.45) is 7.05 Å². The molecule has 0 saturated heterocycles. The third-order valence-corrected chi connectivity index (χ3v) is 4.24. The Hall–Kier alpha value is -2.82. The van der Waals surface area contributed by atoms with E-state index in [1.165, 1.54) is 0 Å². The van der Waals surface area contributed by atoms with Crippen LogP contribution in [0, 0.1) is 11.8 Å². The van der Waals surface area contributed by atoms with Gasteiger partial charge in [0.2, 0.25) is 0 Å². The molecule has 2 N–H and O–H groups in total. The van der Waals surface area contributed by atoms with Crippen LogP contribution in [-0.4, -0.2) is 42.1 Å². The van der Waals surface area contributed by atoms with Crippen molar-refractivity contribution in [1.29, 1.82) is 0 Å². The van der Waals surface area contributed by atoms with E-state index in [2.05, 4.69) is 34.5 Å². The molecule has 7 heteroatoms. The summed E-state index contributed by atoms with van der Waals surface area (Å²) in [6, 6.07) is 7.08. The Balaban J connectivity index is 2.38. The molecular weight excluding hydrogens is 380 g/mol. The second kappa shape index (κ2) is 12.0. The molecule has 162 valence electrons. The molecule has 0 bridgehead atoms. The Labute approximate surface area is 179 Å². The van der Waals surface area contributed by atoms with Crippen molar-refractivity contribution in [2.75, 3.05) is 25.6 Å². The van der Waals surface area contributed by atoms with Gasteiger partial charge in [-0.3, -0.25) is 14.8 Å². The molecule has 1 amide bonds. The maximum absolute atomic E-state index is 12.9. The molecular formula is C23H32N4O3. The van der Waals surface area contributed by atoms with Gasteiger partial charge in [0.1, 0.15) is 11.9 Å². The summed E-state index contributed by atoms with van der Waals surface area (Å²) in [5.74, 6) is 7.24. The van der Waals surface area contributed by atoms with E-state index < -0.39 is 0 Å². The Kier molecular flexibility index (Phi) is 9.39. The monoisotopic (exact) mass is 412 g/mol. The zero-order chi connectivity index (χ0) is 21.9. The number of methoxy groups -OCH3 is 1. The van der Waals surface area contributed by atoms with Gasteiger partial charge in [0, 0.05) is 38.4 Å². The van der Waals surface area contributed by atoms with E-state index >= 15 is 0 Å². The number of benzene rings is 1. The van der Waals surface area contributed by atoms with Crippen LogP contribution in [0.25, 0.3) is 0 Å². The van der Waals surface area contributed by atoms with Crippen molar-refractivity contribution in [3.8, 4) is 17.6 Å². The molecule has 30 heavy (non-hydrogen) atoms. The Morgan fingerprint density at radius 1 is 1.30 bits per heavy atom. The number of rotatable bonds is 10. The van der Waals surface area contributed by atoms with Crippen molar-refractivity contribution in [2.45, 2.75) is 45.8 Å². The molecule has 1 heterocycles. The van der Waals surface area contributed by atoms with Crippen LogP contribution in [-0.2, 0) is 11.8 Å². The fourth-order valence-electron chi connectivity index (χ4n) is 2.90. The molecule has 0 saturated carbocycles. The summed E-state index contributed by atoms with van der Waals surface area (Å²) in [4.78, 5) is 12.9. The first kappa shape index (κ1) is 23.5. The first-order chi connectivity index (χ1) is 14.5. The van der Waals surface area contributed by atoms with Crippen molar-refractivity contribution < 1.29 is 14.3 Å². The summed E-state index contributed by atoms with van der Waals surface area (Å²) in [5, 5.41) is 10.5. The molecule has 2 aromatic rings. The van der Waals surface area contributed by atoms with Crippen LogP contribution >= 0.6 is 0 Å². The molecule has 1 aromatic carbocycles. The highest BCUT2D eigenvalue weighted by Crippen LogP contribution is 2.24. The normalized spacial score (nSPS) is 12.6. The van der Waals surface area contributed by atoms with Gasteiger partial charge in [-0.1, -0.05) is 19.8 Å². The highest BCUT2D eigenvalue weighted by molar-refractivity contribution is 6.04. The number of anilines is 1. The van der Waals surface area contributed by atoms with Crippen LogP contribution in [0.5, 0.6) is 5.75 Å². The van der Waals surface area contributed by atoms with Crippen molar-refractivity contribution in [3.05, 3.63) is 41.6 Å². The number of ether oxygens (including phenoxy) is 2. The van der Waals surface area contributed by atoms with Crippen LogP contribution in [0.2, 0.25) is 0 Å². The summed E-state index contributed by atoms with van der Waals surface area (Å²) in [5.41, 5.74) is 1.37. The van der Waals surface area contributed by atoms with Gasteiger partial charge in [0.05, 0.1) is 12.6 Å². The fraction of sp³-hybridized carbons (Fsp3) is 0.478. The van der Waals surface area contributed by atoms with E-state index in [1.807, 2.05) is 26.0 Å². The average molecular weight is 413 g/mol. The smallest absolute Gasteiger partial charge is 0.257 e. The van der Waals surface area contributed by atoms with Crippen molar-refractivity contribution in [1.82, 2.24) is 15.1 Å². The first-order valence-electron chi connectivity index (χ1n) is 10.3. The maximum atomic E-state index is 12.9. The number of hydrogen-bond acceptors (Lipinski definition) is 5. The van der Waals surface area contributed by atoms with Crippen LogP contribution in [0.1, 0.15) is 55.6 Å². The Bertz CT molecular complexity index is 882. The van der Waals surface area contributed by atoms with Gasteiger partial charge in [0.25, 0.3) is 5.91 Å². The van der Waals surface area contributed by atoms with Gasteiger partial charge < -0.3 is 14.8 Å². The lowest BCUT2D eigenvalue weighted by Crippen LogP contribution is -2.23. The number of hydrogen-bond donors (Lipinski definition) is 2. The lowest BCUT2D eigenvalue weighted by molar-refractivity contribution is 0.0916. The molecule has 0 aliphatic carbocycles. The van der Waals surface area contributed by atoms with E-state index in [0.29, 0.717) is 23.7 Å². The molecule has 0 spiro atoms. The summed E-state index contributed by atoms with van der Waals surface area (Å²) in [7, 11) is 3.43. The standard InChI is InChI=1S/C23H32N4O3/c1-6-8-9-21(24-11-7-2)18-13-19(15-20(14-18)30-17(3)16-29-5)23(28)25-22-10-12-27(4)26-22/h10,12-15,17,21,24H,6-7,11,16H2,1-5H3,(H,25,26,28)/t17-,21?/m0/s1. The van der Waals surface area contributed by atoms with E-state index in [-0.39, 0.29) is 18.1 Å². The molecule has 2 rings (SSSR count). The largest absolute Gasteiger partial charge is 0.488 e. The first-order valence-corrected chi connectivity index (χ1v) is 10.3. The molecule has 0 aliphatic rings.